The highest BCUT2D eigenvalue weighted by Crippen LogP contribution is 2.15. The van der Waals surface area contributed by atoms with Crippen LogP contribution in [0.25, 0.3) is 11.2 Å². The second-order valence-electron chi connectivity index (χ2n) is 4.86. The number of fused-ring (bicyclic) bond motifs is 1. The molecule has 0 atom stereocenters. The van der Waals surface area contributed by atoms with E-state index < -0.39 is 0 Å². The van der Waals surface area contributed by atoms with Crippen molar-refractivity contribution in [3.8, 4) is 0 Å². The van der Waals surface area contributed by atoms with Gasteiger partial charge in [0.25, 0.3) is 0 Å². The van der Waals surface area contributed by atoms with Gasteiger partial charge in [0.15, 0.2) is 5.65 Å². The van der Waals surface area contributed by atoms with E-state index in [9.17, 15) is 0 Å². The summed E-state index contributed by atoms with van der Waals surface area (Å²) in [5, 5.41) is 0. The third kappa shape index (κ3) is 2.37. The summed E-state index contributed by atoms with van der Waals surface area (Å²) in [6, 6.07) is 12.0. The number of pyridine rings is 1. The van der Waals surface area contributed by atoms with Crippen molar-refractivity contribution in [1.29, 1.82) is 0 Å². The topological polar surface area (TPSA) is 56.7 Å². The molecule has 0 aliphatic rings. The van der Waals surface area contributed by atoms with Crippen LogP contribution in [0.5, 0.6) is 0 Å². The molecule has 0 saturated carbocycles. The first-order valence-electron chi connectivity index (χ1n) is 6.92. The summed E-state index contributed by atoms with van der Waals surface area (Å²) in [5.74, 6) is 1.10. The molecule has 0 saturated heterocycles. The smallest absolute Gasteiger partial charge is 0.159 e. The first kappa shape index (κ1) is 12.7. The van der Waals surface area contributed by atoms with Gasteiger partial charge < -0.3 is 10.3 Å². The fourth-order valence-corrected chi connectivity index (χ4v) is 2.47. The van der Waals surface area contributed by atoms with Gasteiger partial charge in [0.1, 0.15) is 11.3 Å². The Kier molecular flexibility index (Phi) is 3.37. The van der Waals surface area contributed by atoms with Crippen molar-refractivity contribution in [2.24, 2.45) is 0 Å². The highest BCUT2D eigenvalue weighted by atomic mass is 15.1. The Hall–Kier alpha value is -2.36. The number of nitrogen functional groups attached to an aromatic ring is 1. The van der Waals surface area contributed by atoms with Gasteiger partial charge in [0.2, 0.25) is 0 Å². The fraction of sp³-hybridized carbons (Fsp3) is 0.250. The lowest BCUT2D eigenvalue weighted by Gasteiger charge is -2.05. The van der Waals surface area contributed by atoms with E-state index in [4.69, 9.17) is 10.7 Å². The van der Waals surface area contributed by atoms with E-state index in [1.807, 2.05) is 30.5 Å². The molecule has 3 aromatic rings. The van der Waals surface area contributed by atoms with Gasteiger partial charge in [-0.3, -0.25) is 0 Å². The molecule has 0 fully saturated rings. The normalized spacial score (nSPS) is 11.1. The van der Waals surface area contributed by atoms with Crippen molar-refractivity contribution in [1.82, 2.24) is 14.5 Å². The minimum Gasteiger partial charge on any atom is -0.399 e. The summed E-state index contributed by atoms with van der Waals surface area (Å²) in [6.45, 7) is 3.02. The number of imidazole rings is 1. The molecular weight excluding hydrogens is 248 g/mol. The van der Waals surface area contributed by atoms with E-state index in [-0.39, 0.29) is 0 Å². The lowest BCUT2D eigenvalue weighted by atomic mass is 10.1. The van der Waals surface area contributed by atoms with Gasteiger partial charge in [0.05, 0.1) is 0 Å². The van der Waals surface area contributed by atoms with Crippen LogP contribution in [0.1, 0.15) is 18.3 Å². The van der Waals surface area contributed by atoms with E-state index in [0.717, 1.165) is 42.1 Å². The maximum atomic E-state index is 5.71. The monoisotopic (exact) mass is 266 g/mol. The van der Waals surface area contributed by atoms with Crippen LogP contribution in [0, 0.1) is 0 Å². The number of nitrogens with zero attached hydrogens (tertiary/aromatic N) is 3. The van der Waals surface area contributed by atoms with Crippen LogP contribution in [0.3, 0.4) is 0 Å². The van der Waals surface area contributed by atoms with Gasteiger partial charge >= 0.3 is 0 Å². The summed E-state index contributed by atoms with van der Waals surface area (Å²) in [5.41, 5.74) is 9.74. The van der Waals surface area contributed by atoms with Crippen LogP contribution in [-0.4, -0.2) is 14.5 Å². The molecule has 0 aliphatic carbocycles. The zero-order valence-electron chi connectivity index (χ0n) is 11.6. The molecule has 3 rings (SSSR count). The summed E-state index contributed by atoms with van der Waals surface area (Å²) in [4.78, 5) is 9.12. The number of benzene rings is 1. The molecule has 2 aromatic heterocycles. The van der Waals surface area contributed by atoms with Crippen molar-refractivity contribution in [2.75, 3.05) is 5.73 Å². The van der Waals surface area contributed by atoms with Gasteiger partial charge in [-0.1, -0.05) is 12.1 Å². The van der Waals surface area contributed by atoms with Gasteiger partial charge in [-0.15, -0.1) is 0 Å². The molecule has 4 nitrogen and oxygen atoms in total. The van der Waals surface area contributed by atoms with E-state index in [0.29, 0.717) is 0 Å². The lowest BCUT2D eigenvalue weighted by molar-refractivity contribution is 0.702. The summed E-state index contributed by atoms with van der Waals surface area (Å²) in [7, 11) is 0. The van der Waals surface area contributed by atoms with Gasteiger partial charge in [-0.25, -0.2) is 9.97 Å². The van der Waals surface area contributed by atoms with Crippen LogP contribution in [0.15, 0.2) is 42.6 Å². The number of aromatic nitrogens is 3. The van der Waals surface area contributed by atoms with Gasteiger partial charge in [-0.05, 0) is 43.2 Å². The minimum absolute atomic E-state index is 0.804. The van der Waals surface area contributed by atoms with Crippen molar-refractivity contribution >= 4 is 16.9 Å². The fourth-order valence-electron chi connectivity index (χ4n) is 2.47. The minimum atomic E-state index is 0.804. The molecule has 0 amide bonds. The predicted molar refractivity (Wildman–Crippen MR) is 81.5 cm³/mol. The SMILES string of the molecule is CCn1c(CCc2ccc(N)cc2)nc2cccnc21. The second-order valence-corrected chi connectivity index (χ2v) is 4.86. The van der Waals surface area contributed by atoms with E-state index in [1.54, 1.807) is 0 Å². The Morgan fingerprint density at radius 3 is 2.65 bits per heavy atom. The Labute approximate surface area is 118 Å². The maximum Gasteiger partial charge on any atom is 0.159 e. The first-order valence-corrected chi connectivity index (χ1v) is 6.92. The van der Waals surface area contributed by atoms with Crippen molar-refractivity contribution in [2.45, 2.75) is 26.3 Å². The van der Waals surface area contributed by atoms with Crippen LogP contribution < -0.4 is 5.73 Å². The average Bonchev–Trinajstić information content (AvgIpc) is 2.84. The van der Waals surface area contributed by atoms with Crippen molar-refractivity contribution in [3.05, 3.63) is 54.0 Å². The number of hydrogen-bond donors (Lipinski definition) is 1. The molecule has 1 aromatic carbocycles. The van der Waals surface area contributed by atoms with Crippen LogP contribution >= 0.6 is 0 Å². The second kappa shape index (κ2) is 5.33. The van der Waals surface area contributed by atoms with E-state index in [2.05, 4.69) is 28.6 Å². The third-order valence-electron chi connectivity index (χ3n) is 3.52. The molecular formula is C16H18N4. The molecule has 0 unspecified atom stereocenters. The average molecular weight is 266 g/mol. The van der Waals surface area contributed by atoms with Crippen molar-refractivity contribution in [3.63, 3.8) is 0 Å². The van der Waals surface area contributed by atoms with Crippen LogP contribution in [0.2, 0.25) is 0 Å². The van der Waals surface area contributed by atoms with Gasteiger partial charge in [-0.2, -0.15) is 0 Å². The van der Waals surface area contributed by atoms with E-state index >= 15 is 0 Å². The Morgan fingerprint density at radius 1 is 1.10 bits per heavy atom. The molecule has 20 heavy (non-hydrogen) atoms. The largest absolute Gasteiger partial charge is 0.399 e. The number of rotatable bonds is 4. The molecule has 0 bridgehead atoms. The number of nitrogens with two attached hydrogens (primary N) is 1. The standard InChI is InChI=1S/C16H18N4/c1-2-20-15(19-14-4-3-11-18-16(14)20)10-7-12-5-8-13(17)9-6-12/h3-6,8-9,11H,2,7,10,17H2,1H3. The maximum absolute atomic E-state index is 5.71. The first-order chi connectivity index (χ1) is 9.78. The molecule has 0 aliphatic heterocycles. The summed E-state index contributed by atoms with van der Waals surface area (Å²) < 4.78 is 2.19. The Morgan fingerprint density at radius 2 is 1.90 bits per heavy atom. The molecule has 4 heteroatoms. The Balaban J connectivity index is 1.85. The molecule has 102 valence electrons. The number of aryl methyl sites for hydroxylation is 3. The van der Waals surface area contributed by atoms with E-state index in [1.165, 1.54) is 5.56 Å². The van der Waals surface area contributed by atoms with Crippen LogP contribution in [-0.2, 0) is 19.4 Å². The number of hydrogen-bond acceptors (Lipinski definition) is 3. The lowest BCUT2D eigenvalue weighted by Crippen LogP contribution is -2.04. The summed E-state index contributed by atoms with van der Waals surface area (Å²) in [6.07, 6.45) is 3.69. The highest BCUT2D eigenvalue weighted by molar-refractivity contribution is 5.71. The predicted octanol–water partition coefficient (Wildman–Crippen LogP) is 2.82. The molecule has 0 spiro atoms. The quantitative estimate of drug-likeness (QED) is 0.739. The molecule has 2 N–H and O–H groups in total. The highest BCUT2D eigenvalue weighted by Gasteiger charge is 2.09. The zero-order valence-corrected chi connectivity index (χ0v) is 11.6. The Bertz CT molecular complexity index is 713. The molecule has 0 radical (unpaired) electrons. The van der Waals surface area contributed by atoms with Crippen LogP contribution in [0.4, 0.5) is 5.69 Å². The zero-order chi connectivity index (χ0) is 13.9. The van der Waals surface area contributed by atoms with Crippen molar-refractivity contribution < 1.29 is 0 Å². The summed E-state index contributed by atoms with van der Waals surface area (Å²) >= 11 is 0. The van der Waals surface area contributed by atoms with Gasteiger partial charge in [0, 0.05) is 24.8 Å². The number of anilines is 1. The third-order valence-corrected chi connectivity index (χ3v) is 3.52. The molecule has 2 heterocycles.